The first-order valence-corrected chi connectivity index (χ1v) is 8.98. The highest BCUT2D eigenvalue weighted by molar-refractivity contribution is 6.31. The molecule has 0 spiro atoms. The van der Waals surface area contributed by atoms with Crippen LogP contribution in [0.25, 0.3) is 0 Å². The van der Waals surface area contributed by atoms with E-state index in [0.29, 0.717) is 5.92 Å². The molecule has 4 nitrogen and oxygen atoms in total. The van der Waals surface area contributed by atoms with E-state index in [1.54, 1.807) is 0 Å². The van der Waals surface area contributed by atoms with Crippen molar-refractivity contribution in [2.24, 2.45) is 0 Å². The molecule has 1 aromatic rings. The number of morpholine rings is 2. The van der Waals surface area contributed by atoms with Crippen LogP contribution in [0, 0.1) is 0 Å². The van der Waals surface area contributed by atoms with E-state index in [4.69, 9.17) is 21.1 Å². The van der Waals surface area contributed by atoms with Crippen LogP contribution in [0.1, 0.15) is 30.9 Å². The fourth-order valence-corrected chi connectivity index (χ4v) is 3.89. The number of rotatable bonds is 4. The zero-order valence-electron chi connectivity index (χ0n) is 14.2. The Bertz CT molecular complexity index is 524. The Balaban J connectivity index is 1.87. The van der Waals surface area contributed by atoms with Gasteiger partial charge >= 0.3 is 0 Å². The van der Waals surface area contributed by atoms with Crippen molar-refractivity contribution >= 4 is 17.3 Å². The minimum absolute atomic E-state index is 0.428. The van der Waals surface area contributed by atoms with Crippen molar-refractivity contribution in [1.29, 1.82) is 0 Å². The summed E-state index contributed by atoms with van der Waals surface area (Å²) in [6.07, 6.45) is 0. The van der Waals surface area contributed by atoms with E-state index < -0.39 is 0 Å². The van der Waals surface area contributed by atoms with E-state index in [9.17, 15) is 0 Å². The minimum atomic E-state index is 0.428. The van der Waals surface area contributed by atoms with Gasteiger partial charge in [-0.1, -0.05) is 25.4 Å². The summed E-state index contributed by atoms with van der Waals surface area (Å²) in [7, 11) is 0. The molecule has 0 saturated carbocycles. The highest BCUT2D eigenvalue weighted by Gasteiger charge is 2.20. The lowest BCUT2D eigenvalue weighted by atomic mass is 9.95. The molecular formula is C18H27ClN2O2. The number of benzene rings is 1. The summed E-state index contributed by atoms with van der Waals surface area (Å²) in [6, 6.07) is 4.47. The van der Waals surface area contributed by atoms with Crippen LogP contribution >= 0.6 is 11.6 Å². The predicted molar refractivity (Wildman–Crippen MR) is 94.7 cm³/mol. The van der Waals surface area contributed by atoms with Gasteiger partial charge in [0.25, 0.3) is 0 Å². The van der Waals surface area contributed by atoms with Crippen LogP contribution in [0.4, 0.5) is 5.69 Å². The number of nitrogens with zero attached hydrogens (tertiary/aromatic N) is 2. The van der Waals surface area contributed by atoms with Gasteiger partial charge in [-0.3, -0.25) is 4.90 Å². The lowest BCUT2D eigenvalue weighted by Crippen LogP contribution is -2.37. The smallest absolute Gasteiger partial charge is 0.0642 e. The predicted octanol–water partition coefficient (Wildman–Crippen LogP) is 3.13. The van der Waals surface area contributed by atoms with Crippen LogP contribution in [0.15, 0.2) is 12.1 Å². The van der Waals surface area contributed by atoms with Crippen LogP contribution < -0.4 is 4.90 Å². The fraction of sp³-hybridized carbons (Fsp3) is 0.667. The maximum Gasteiger partial charge on any atom is 0.0642 e. The summed E-state index contributed by atoms with van der Waals surface area (Å²) < 4.78 is 10.9. The van der Waals surface area contributed by atoms with Gasteiger partial charge in [0.15, 0.2) is 0 Å². The summed E-state index contributed by atoms with van der Waals surface area (Å²) in [4.78, 5) is 4.84. The summed E-state index contributed by atoms with van der Waals surface area (Å²) in [5.41, 5.74) is 3.87. The standard InChI is InChI=1S/C18H27ClN2O2/c1-14(2)18-15(13-20-3-7-22-8-4-20)11-16(12-17(18)19)21-5-9-23-10-6-21/h11-12,14H,3-10,13H2,1-2H3. The van der Waals surface area contributed by atoms with Crippen LogP contribution in [-0.2, 0) is 16.0 Å². The third kappa shape index (κ3) is 4.18. The Kier molecular flexibility index (Phi) is 5.81. The summed E-state index contributed by atoms with van der Waals surface area (Å²) in [6.45, 7) is 12.5. The van der Waals surface area contributed by atoms with Crippen LogP contribution in [0.3, 0.4) is 0 Å². The van der Waals surface area contributed by atoms with Crippen molar-refractivity contribution < 1.29 is 9.47 Å². The molecule has 5 heteroatoms. The van der Waals surface area contributed by atoms with Crippen LogP contribution in [0.2, 0.25) is 5.02 Å². The molecule has 1 aromatic carbocycles. The maximum atomic E-state index is 6.67. The van der Waals surface area contributed by atoms with Crippen molar-refractivity contribution in [2.75, 3.05) is 57.5 Å². The maximum absolute atomic E-state index is 6.67. The minimum Gasteiger partial charge on any atom is -0.379 e. The molecule has 23 heavy (non-hydrogen) atoms. The number of hydrogen-bond acceptors (Lipinski definition) is 4. The third-order valence-electron chi connectivity index (χ3n) is 4.65. The molecule has 0 unspecified atom stereocenters. The first-order chi connectivity index (χ1) is 11.1. The lowest BCUT2D eigenvalue weighted by molar-refractivity contribution is 0.0340. The van der Waals surface area contributed by atoms with E-state index in [-0.39, 0.29) is 0 Å². The van der Waals surface area contributed by atoms with Gasteiger partial charge < -0.3 is 14.4 Å². The monoisotopic (exact) mass is 338 g/mol. The average molecular weight is 339 g/mol. The van der Waals surface area contributed by atoms with Crippen molar-refractivity contribution in [3.05, 3.63) is 28.3 Å². The quantitative estimate of drug-likeness (QED) is 0.842. The van der Waals surface area contributed by atoms with Gasteiger partial charge in [-0.2, -0.15) is 0 Å². The van der Waals surface area contributed by atoms with Gasteiger partial charge in [0, 0.05) is 43.4 Å². The Morgan fingerprint density at radius 2 is 1.61 bits per heavy atom. The Morgan fingerprint density at radius 3 is 2.22 bits per heavy atom. The second-order valence-corrected chi connectivity index (χ2v) is 7.05. The molecule has 2 heterocycles. The largest absolute Gasteiger partial charge is 0.379 e. The molecule has 128 valence electrons. The molecule has 0 aliphatic carbocycles. The number of ether oxygens (including phenoxy) is 2. The molecule has 0 bridgehead atoms. The Labute approximate surface area is 144 Å². The van der Waals surface area contributed by atoms with E-state index in [1.807, 2.05) is 0 Å². The highest BCUT2D eigenvalue weighted by Crippen LogP contribution is 2.34. The van der Waals surface area contributed by atoms with Gasteiger partial charge in [0.1, 0.15) is 0 Å². The first kappa shape index (κ1) is 17.0. The zero-order chi connectivity index (χ0) is 16.2. The fourth-order valence-electron chi connectivity index (χ4n) is 3.44. The van der Waals surface area contributed by atoms with Crippen molar-refractivity contribution in [2.45, 2.75) is 26.3 Å². The van der Waals surface area contributed by atoms with Crippen LogP contribution in [-0.4, -0.2) is 57.5 Å². The van der Waals surface area contributed by atoms with E-state index in [2.05, 4.69) is 35.8 Å². The van der Waals surface area contributed by atoms with Crippen molar-refractivity contribution in [3.8, 4) is 0 Å². The molecule has 2 fully saturated rings. The van der Waals surface area contributed by atoms with E-state index >= 15 is 0 Å². The topological polar surface area (TPSA) is 24.9 Å². The molecule has 2 aliphatic heterocycles. The van der Waals surface area contributed by atoms with E-state index in [0.717, 1.165) is 64.2 Å². The summed E-state index contributed by atoms with van der Waals surface area (Å²) in [5, 5.41) is 0.896. The normalized spacial score (nSPS) is 20.3. The van der Waals surface area contributed by atoms with Gasteiger partial charge in [0.2, 0.25) is 0 Å². The average Bonchev–Trinajstić information content (AvgIpc) is 2.56. The zero-order valence-corrected chi connectivity index (χ0v) is 14.9. The molecule has 0 amide bonds. The Morgan fingerprint density at radius 1 is 1.00 bits per heavy atom. The molecule has 0 atom stereocenters. The third-order valence-corrected chi connectivity index (χ3v) is 4.96. The van der Waals surface area contributed by atoms with Gasteiger partial charge in [-0.05, 0) is 29.2 Å². The molecule has 0 N–H and O–H groups in total. The molecule has 2 saturated heterocycles. The number of anilines is 1. The first-order valence-electron chi connectivity index (χ1n) is 8.60. The van der Waals surface area contributed by atoms with Crippen molar-refractivity contribution in [3.63, 3.8) is 0 Å². The lowest BCUT2D eigenvalue weighted by Gasteiger charge is -2.32. The molecule has 0 aromatic heterocycles. The number of halogens is 1. The van der Waals surface area contributed by atoms with Gasteiger partial charge in [-0.25, -0.2) is 0 Å². The van der Waals surface area contributed by atoms with Crippen molar-refractivity contribution in [1.82, 2.24) is 4.90 Å². The molecule has 3 rings (SSSR count). The molecular weight excluding hydrogens is 312 g/mol. The SMILES string of the molecule is CC(C)c1c(Cl)cc(N2CCOCC2)cc1CN1CCOCC1. The molecule has 0 radical (unpaired) electrons. The summed E-state index contributed by atoms with van der Waals surface area (Å²) in [5.74, 6) is 0.428. The second-order valence-electron chi connectivity index (χ2n) is 6.64. The Hall–Kier alpha value is -0.810. The molecule has 2 aliphatic rings. The summed E-state index contributed by atoms with van der Waals surface area (Å²) >= 11 is 6.67. The highest BCUT2D eigenvalue weighted by atomic mass is 35.5. The van der Waals surface area contributed by atoms with Gasteiger partial charge in [-0.15, -0.1) is 0 Å². The van der Waals surface area contributed by atoms with E-state index in [1.165, 1.54) is 16.8 Å². The van der Waals surface area contributed by atoms with Crippen LogP contribution in [0.5, 0.6) is 0 Å². The van der Waals surface area contributed by atoms with Gasteiger partial charge in [0.05, 0.1) is 26.4 Å². The second kappa shape index (κ2) is 7.84. The number of hydrogen-bond donors (Lipinski definition) is 0.